The number of rotatable bonds is 9. The number of ether oxygens (including phenoxy) is 2. The third kappa shape index (κ3) is 5.40. The molecule has 0 aliphatic rings. The maximum Gasteiger partial charge on any atom is 0.261 e. The lowest BCUT2D eigenvalue weighted by atomic mass is 10.1. The van der Waals surface area contributed by atoms with Crippen LogP contribution in [-0.2, 0) is 16.1 Å². The Morgan fingerprint density at radius 1 is 1.09 bits per heavy atom. The van der Waals surface area contributed by atoms with Crippen LogP contribution in [0.2, 0.25) is 0 Å². The van der Waals surface area contributed by atoms with E-state index >= 15 is 0 Å². The second-order valence-electron chi connectivity index (χ2n) is 7.30. The number of carbonyl (C=O) groups excluding carboxylic acids is 2. The minimum atomic E-state index is -0.609. The molecule has 168 valence electrons. The topological polar surface area (TPSA) is 67.9 Å². The van der Waals surface area contributed by atoms with Crippen molar-refractivity contribution < 1.29 is 19.1 Å². The monoisotopic (exact) mass is 498 g/mol. The molecule has 0 aliphatic carbocycles. The van der Waals surface area contributed by atoms with Crippen LogP contribution in [0.4, 0.5) is 0 Å². The molecule has 0 spiro atoms. The summed E-state index contributed by atoms with van der Waals surface area (Å²) in [5.41, 5.74) is 0.868. The van der Waals surface area contributed by atoms with E-state index in [1.165, 1.54) is 0 Å². The van der Waals surface area contributed by atoms with Gasteiger partial charge in [-0.15, -0.1) is 0 Å². The van der Waals surface area contributed by atoms with Crippen LogP contribution in [0, 0.1) is 0 Å². The molecule has 0 saturated heterocycles. The van der Waals surface area contributed by atoms with E-state index in [2.05, 4.69) is 21.2 Å². The summed E-state index contributed by atoms with van der Waals surface area (Å²) in [5, 5.41) is 4.73. The van der Waals surface area contributed by atoms with E-state index in [0.717, 1.165) is 20.8 Å². The van der Waals surface area contributed by atoms with Crippen molar-refractivity contribution in [3.05, 3.63) is 70.7 Å². The fourth-order valence-electron chi connectivity index (χ4n) is 3.60. The summed E-state index contributed by atoms with van der Waals surface area (Å²) in [7, 11) is 3.17. The number of amides is 2. The molecule has 1 unspecified atom stereocenters. The number of carbonyl (C=O) groups is 2. The van der Waals surface area contributed by atoms with E-state index in [1.54, 1.807) is 19.1 Å². The molecule has 0 radical (unpaired) electrons. The van der Waals surface area contributed by atoms with Gasteiger partial charge in [-0.1, -0.05) is 49.4 Å². The first kappa shape index (κ1) is 23.6. The molecule has 0 aromatic heterocycles. The van der Waals surface area contributed by atoms with Crippen molar-refractivity contribution in [2.45, 2.75) is 25.9 Å². The van der Waals surface area contributed by atoms with Crippen molar-refractivity contribution in [3.63, 3.8) is 0 Å². The Morgan fingerprint density at radius 2 is 1.88 bits per heavy atom. The lowest BCUT2D eigenvalue weighted by Gasteiger charge is -2.30. The number of halogens is 1. The maximum absolute atomic E-state index is 13.2. The maximum atomic E-state index is 13.2. The molecule has 3 aromatic carbocycles. The average molecular weight is 499 g/mol. The van der Waals surface area contributed by atoms with Gasteiger partial charge in [-0.25, -0.2) is 0 Å². The molecular formula is C25H27BrN2O4. The van der Waals surface area contributed by atoms with Crippen molar-refractivity contribution in [1.82, 2.24) is 10.2 Å². The fraction of sp³-hybridized carbons (Fsp3) is 0.280. The smallest absolute Gasteiger partial charge is 0.261 e. The van der Waals surface area contributed by atoms with Crippen LogP contribution < -0.4 is 14.8 Å². The molecule has 1 atom stereocenters. The molecule has 32 heavy (non-hydrogen) atoms. The minimum absolute atomic E-state index is 0.186. The highest BCUT2D eigenvalue weighted by molar-refractivity contribution is 9.10. The van der Waals surface area contributed by atoms with Crippen LogP contribution in [0.1, 0.15) is 18.9 Å². The first-order valence-corrected chi connectivity index (χ1v) is 11.2. The Morgan fingerprint density at radius 3 is 2.59 bits per heavy atom. The van der Waals surface area contributed by atoms with Crippen molar-refractivity contribution in [3.8, 4) is 11.5 Å². The van der Waals surface area contributed by atoms with Gasteiger partial charge in [0.2, 0.25) is 5.91 Å². The molecule has 3 aromatic rings. The third-order valence-corrected chi connectivity index (χ3v) is 6.12. The molecule has 7 heteroatoms. The van der Waals surface area contributed by atoms with Crippen LogP contribution in [0.15, 0.2) is 65.1 Å². The molecule has 0 bridgehead atoms. The third-order valence-electron chi connectivity index (χ3n) is 5.30. The highest BCUT2D eigenvalue weighted by Gasteiger charge is 2.28. The summed E-state index contributed by atoms with van der Waals surface area (Å²) in [6.07, 6.45) is 0.481. The van der Waals surface area contributed by atoms with E-state index in [0.29, 0.717) is 17.9 Å². The summed E-state index contributed by atoms with van der Waals surface area (Å²) < 4.78 is 12.0. The summed E-state index contributed by atoms with van der Waals surface area (Å²) in [5.74, 6) is 0.782. The Hall–Kier alpha value is -3.06. The number of nitrogens with one attached hydrogen (secondary N) is 1. The molecule has 2 amide bonds. The summed E-state index contributed by atoms with van der Waals surface area (Å²) in [6.45, 7) is 1.96. The average Bonchev–Trinajstić information content (AvgIpc) is 2.83. The van der Waals surface area contributed by atoms with E-state index in [4.69, 9.17) is 9.47 Å². The predicted octanol–water partition coefficient (Wildman–Crippen LogP) is 4.54. The number of methoxy groups -OCH3 is 1. The van der Waals surface area contributed by atoms with Crippen LogP contribution in [0.3, 0.4) is 0 Å². The van der Waals surface area contributed by atoms with Gasteiger partial charge < -0.3 is 19.7 Å². The lowest BCUT2D eigenvalue weighted by Crippen LogP contribution is -2.49. The second-order valence-corrected chi connectivity index (χ2v) is 8.09. The molecule has 0 fully saturated rings. The quantitative estimate of drug-likeness (QED) is 0.470. The number of fused-ring (bicyclic) bond motifs is 1. The Bertz CT molecular complexity index is 1100. The number of benzene rings is 3. The largest absolute Gasteiger partial charge is 0.497 e. The van der Waals surface area contributed by atoms with E-state index in [9.17, 15) is 9.59 Å². The van der Waals surface area contributed by atoms with E-state index < -0.39 is 6.04 Å². The minimum Gasteiger partial charge on any atom is -0.497 e. The summed E-state index contributed by atoms with van der Waals surface area (Å²) in [6, 6.07) is 18.6. The normalized spacial score (nSPS) is 11.6. The Balaban J connectivity index is 1.82. The number of likely N-dealkylation sites (N-methyl/N-ethyl adjacent to an activating group) is 1. The van der Waals surface area contributed by atoms with Gasteiger partial charge in [0, 0.05) is 13.6 Å². The Labute approximate surface area is 196 Å². The van der Waals surface area contributed by atoms with Gasteiger partial charge >= 0.3 is 0 Å². The first-order valence-electron chi connectivity index (χ1n) is 10.4. The zero-order chi connectivity index (χ0) is 23.1. The van der Waals surface area contributed by atoms with Gasteiger partial charge in [-0.2, -0.15) is 0 Å². The molecule has 0 saturated carbocycles. The fourth-order valence-corrected chi connectivity index (χ4v) is 4.21. The SMILES string of the molecule is CCC(C(=O)NC)N(Cc1cccc(OC)c1)C(=O)COc1ccc2ccccc2c1Br. The number of hydrogen-bond donors (Lipinski definition) is 1. The van der Waals surface area contributed by atoms with Crippen LogP contribution in [0.5, 0.6) is 11.5 Å². The molecule has 0 aliphatic heterocycles. The molecule has 3 rings (SSSR count). The highest BCUT2D eigenvalue weighted by atomic mass is 79.9. The number of hydrogen-bond acceptors (Lipinski definition) is 4. The van der Waals surface area contributed by atoms with Gasteiger partial charge in [0.25, 0.3) is 5.91 Å². The van der Waals surface area contributed by atoms with Gasteiger partial charge in [0.05, 0.1) is 11.6 Å². The molecular weight excluding hydrogens is 472 g/mol. The zero-order valence-corrected chi connectivity index (χ0v) is 20.0. The van der Waals surface area contributed by atoms with Crippen molar-refractivity contribution in [2.24, 2.45) is 0 Å². The first-order chi connectivity index (χ1) is 15.5. The molecule has 6 nitrogen and oxygen atoms in total. The van der Waals surface area contributed by atoms with Crippen molar-refractivity contribution in [1.29, 1.82) is 0 Å². The number of nitrogens with zero attached hydrogens (tertiary/aromatic N) is 1. The van der Waals surface area contributed by atoms with Gasteiger partial charge in [-0.3, -0.25) is 9.59 Å². The predicted molar refractivity (Wildman–Crippen MR) is 129 cm³/mol. The van der Waals surface area contributed by atoms with Crippen LogP contribution >= 0.6 is 15.9 Å². The van der Waals surface area contributed by atoms with Gasteiger partial charge in [0.1, 0.15) is 17.5 Å². The molecule has 1 N–H and O–H groups in total. The lowest BCUT2D eigenvalue weighted by molar-refractivity contribution is -0.142. The van der Waals surface area contributed by atoms with Gasteiger partial charge in [-0.05, 0) is 56.9 Å². The zero-order valence-electron chi connectivity index (χ0n) is 18.4. The summed E-state index contributed by atoms with van der Waals surface area (Å²) in [4.78, 5) is 27.3. The van der Waals surface area contributed by atoms with Crippen molar-refractivity contribution in [2.75, 3.05) is 20.8 Å². The van der Waals surface area contributed by atoms with E-state index in [1.807, 2.05) is 67.6 Å². The van der Waals surface area contributed by atoms with E-state index in [-0.39, 0.29) is 25.0 Å². The van der Waals surface area contributed by atoms with Gasteiger partial charge in [0.15, 0.2) is 6.61 Å². The second kappa shape index (κ2) is 11.0. The van der Waals surface area contributed by atoms with Crippen LogP contribution in [-0.4, -0.2) is 43.5 Å². The van der Waals surface area contributed by atoms with Crippen molar-refractivity contribution >= 4 is 38.5 Å². The highest BCUT2D eigenvalue weighted by Crippen LogP contribution is 2.33. The summed E-state index contributed by atoms with van der Waals surface area (Å²) >= 11 is 3.59. The Kier molecular flexibility index (Phi) is 8.11. The molecule has 0 heterocycles. The van der Waals surface area contributed by atoms with Crippen LogP contribution in [0.25, 0.3) is 10.8 Å². The standard InChI is InChI=1S/C25H27BrN2O4/c1-4-21(25(30)27-2)28(15-17-8-7-10-19(14-17)31-3)23(29)16-32-22-13-12-18-9-5-6-11-20(18)24(22)26/h5-14,21H,4,15-16H2,1-3H3,(H,27,30).